The molecule has 18 heavy (non-hydrogen) atoms. The third kappa shape index (κ3) is 3.25. The van der Waals surface area contributed by atoms with Gasteiger partial charge in [0.25, 0.3) is 0 Å². The number of halogens is 2. The number of aromatic hydroxyl groups is 1. The predicted octanol–water partition coefficient (Wildman–Crippen LogP) is 4.08. The quantitative estimate of drug-likeness (QED) is 0.891. The lowest BCUT2D eigenvalue weighted by Crippen LogP contribution is -2.02. The standard InChI is InChI=1S/C14H12BrClO2/c15-13-8-10(16)3-6-12(13)14(18)7-9-1-4-11(17)5-2-9/h1-6,8,14,17-18H,7H2. The maximum atomic E-state index is 10.2. The number of hydrogen-bond donors (Lipinski definition) is 2. The first-order valence-electron chi connectivity index (χ1n) is 5.47. The molecule has 0 saturated carbocycles. The molecule has 1 unspecified atom stereocenters. The van der Waals surface area contributed by atoms with Gasteiger partial charge in [-0.05, 0) is 35.4 Å². The van der Waals surface area contributed by atoms with E-state index in [2.05, 4.69) is 15.9 Å². The van der Waals surface area contributed by atoms with Crippen molar-refractivity contribution in [1.82, 2.24) is 0 Å². The van der Waals surface area contributed by atoms with Crippen LogP contribution >= 0.6 is 27.5 Å². The second-order valence-corrected chi connectivity index (χ2v) is 5.34. The summed E-state index contributed by atoms with van der Waals surface area (Å²) >= 11 is 9.25. The minimum absolute atomic E-state index is 0.223. The fourth-order valence-electron chi connectivity index (χ4n) is 1.74. The molecule has 0 aliphatic heterocycles. The molecule has 0 fully saturated rings. The first-order valence-corrected chi connectivity index (χ1v) is 6.64. The molecule has 0 bridgehead atoms. The molecule has 0 heterocycles. The van der Waals surface area contributed by atoms with Gasteiger partial charge in [0.2, 0.25) is 0 Å². The van der Waals surface area contributed by atoms with Crippen LogP contribution in [0.15, 0.2) is 46.9 Å². The summed E-state index contributed by atoms with van der Waals surface area (Å²) in [6.45, 7) is 0. The Bertz CT molecular complexity index is 540. The van der Waals surface area contributed by atoms with Gasteiger partial charge in [-0.3, -0.25) is 0 Å². The zero-order valence-corrected chi connectivity index (χ0v) is 11.8. The van der Waals surface area contributed by atoms with Crippen molar-refractivity contribution < 1.29 is 10.2 Å². The maximum absolute atomic E-state index is 10.2. The van der Waals surface area contributed by atoms with Crippen LogP contribution < -0.4 is 0 Å². The molecule has 2 aromatic rings. The molecule has 0 aromatic heterocycles. The maximum Gasteiger partial charge on any atom is 0.115 e. The van der Waals surface area contributed by atoms with Crippen LogP contribution in [0.1, 0.15) is 17.2 Å². The Balaban J connectivity index is 2.16. The van der Waals surface area contributed by atoms with Crippen molar-refractivity contribution in [2.75, 3.05) is 0 Å². The van der Waals surface area contributed by atoms with E-state index >= 15 is 0 Å². The van der Waals surface area contributed by atoms with Crippen molar-refractivity contribution in [3.8, 4) is 5.75 Å². The third-order valence-corrected chi connectivity index (χ3v) is 3.61. The van der Waals surface area contributed by atoms with E-state index < -0.39 is 6.10 Å². The van der Waals surface area contributed by atoms with E-state index in [0.29, 0.717) is 11.4 Å². The van der Waals surface area contributed by atoms with Crippen LogP contribution in [0.25, 0.3) is 0 Å². The molecule has 94 valence electrons. The molecule has 0 aliphatic rings. The van der Waals surface area contributed by atoms with Crippen LogP contribution in [0.5, 0.6) is 5.75 Å². The Labute approximate surface area is 119 Å². The van der Waals surface area contributed by atoms with Gasteiger partial charge in [0.05, 0.1) is 6.10 Å². The molecular formula is C14H12BrClO2. The Kier molecular flexibility index (Phi) is 4.27. The van der Waals surface area contributed by atoms with Gasteiger partial charge < -0.3 is 10.2 Å². The topological polar surface area (TPSA) is 40.5 Å². The first kappa shape index (κ1) is 13.4. The lowest BCUT2D eigenvalue weighted by atomic mass is 10.0. The van der Waals surface area contributed by atoms with Crippen LogP contribution in [0.4, 0.5) is 0 Å². The van der Waals surface area contributed by atoms with Gasteiger partial charge in [-0.1, -0.05) is 45.7 Å². The van der Waals surface area contributed by atoms with Crippen molar-refractivity contribution >= 4 is 27.5 Å². The highest BCUT2D eigenvalue weighted by atomic mass is 79.9. The number of benzene rings is 2. The van der Waals surface area contributed by atoms with Gasteiger partial charge in [-0.15, -0.1) is 0 Å². The number of phenolic OH excluding ortho intramolecular Hbond substituents is 1. The highest BCUT2D eigenvalue weighted by Gasteiger charge is 2.12. The van der Waals surface area contributed by atoms with Crippen LogP contribution in [-0.2, 0) is 6.42 Å². The van der Waals surface area contributed by atoms with Crippen LogP contribution in [0, 0.1) is 0 Å². The lowest BCUT2D eigenvalue weighted by molar-refractivity contribution is 0.177. The summed E-state index contributed by atoms with van der Waals surface area (Å²) in [6.07, 6.45) is -0.123. The lowest BCUT2D eigenvalue weighted by Gasteiger charge is -2.13. The van der Waals surface area contributed by atoms with Crippen LogP contribution in [0.3, 0.4) is 0 Å². The predicted molar refractivity (Wildman–Crippen MR) is 75.9 cm³/mol. The highest BCUT2D eigenvalue weighted by molar-refractivity contribution is 9.10. The normalized spacial score (nSPS) is 12.4. The van der Waals surface area contributed by atoms with E-state index in [4.69, 9.17) is 11.6 Å². The van der Waals surface area contributed by atoms with Gasteiger partial charge in [0, 0.05) is 15.9 Å². The molecule has 0 spiro atoms. The average Bonchev–Trinajstić information content (AvgIpc) is 2.32. The Hall–Kier alpha value is -1.03. The summed E-state index contributed by atoms with van der Waals surface area (Å²) in [5.74, 6) is 0.223. The number of rotatable bonds is 3. The molecule has 2 aromatic carbocycles. The summed E-state index contributed by atoms with van der Waals surface area (Å²) in [7, 11) is 0. The Morgan fingerprint density at radius 2 is 1.78 bits per heavy atom. The highest BCUT2D eigenvalue weighted by Crippen LogP contribution is 2.28. The number of phenols is 1. The first-order chi connectivity index (χ1) is 8.56. The van der Waals surface area contributed by atoms with Crippen molar-refractivity contribution in [3.63, 3.8) is 0 Å². The zero-order chi connectivity index (χ0) is 13.1. The van der Waals surface area contributed by atoms with E-state index in [1.54, 1.807) is 42.5 Å². The minimum atomic E-state index is -0.610. The molecule has 4 heteroatoms. The summed E-state index contributed by atoms with van der Waals surface area (Å²) < 4.78 is 0.793. The summed E-state index contributed by atoms with van der Waals surface area (Å²) in [6, 6.07) is 12.1. The second kappa shape index (κ2) is 5.74. The Morgan fingerprint density at radius 1 is 1.11 bits per heavy atom. The fraction of sp³-hybridized carbons (Fsp3) is 0.143. The monoisotopic (exact) mass is 326 g/mol. The van der Waals surface area contributed by atoms with E-state index in [1.165, 1.54) is 0 Å². The number of hydrogen-bond acceptors (Lipinski definition) is 2. The van der Waals surface area contributed by atoms with E-state index in [9.17, 15) is 10.2 Å². The molecular weight excluding hydrogens is 316 g/mol. The minimum Gasteiger partial charge on any atom is -0.508 e. The molecule has 0 radical (unpaired) electrons. The van der Waals surface area contributed by atoms with Crippen LogP contribution in [-0.4, -0.2) is 10.2 Å². The third-order valence-electron chi connectivity index (χ3n) is 2.69. The largest absolute Gasteiger partial charge is 0.508 e. The number of aliphatic hydroxyl groups is 1. The van der Waals surface area contributed by atoms with Gasteiger partial charge in [0.1, 0.15) is 5.75 Å². The van der Waals surface area contributed by atoms with Gasteiger partial charge in [0.15, 0.2) is 0 Å². The van der Waals surface area contributed by atoms with Gasteiger partial charge in [-0.2, -0.15) is 0 Å². The zero-order valence-electron chi connectivity index (χ0n) is 9.48. The van der Waals surface area contributed by atoms with E-state index in [0.717, 1.165) is 15.6 Å². The molecule has 2 nitrogen and oxygen atoms in total. The molecule has 2 rings (SSSR count). The van der Waals surface area contributed by atoms with Crippen molar-refractivity contribution in [3.05, 3.63) is 63.1 Å². The van der Waals surface area contributed by atoms with Crippen LogP contribution in [0.2, 0.25) is 5.02 Å². The van der Waals surface area contributed by atoms with Crippen molar-refractivity contribution in [2.45, 2.75) is 12.5 Å². The molecule has 2 N–H and O–H groups in total. The van der Waals surface area contributed by atoms with Gasteiger partial charge >= 0.3 is 0 Å². The second-order valence-electron chi connectivity index (χ2n) is 4.05. The molecule has 0 aliphatic carbocycles. The van der Waals surface area contributed by atoms with Gasteiger partial charge in [-0.25, -0.2) is 0 Å². The fourth-order valence-corrected chi connectivity index (χ4v) is 2.68. The summed E-state index contributed by atoms with van der Waals surface area (Å²) in [4.78, 5) is 0. The van der Waals surface area contributed by atoms with Crippen molar-refractivity contribution in [1.29, 1.82) is 0 Å². The smallest absolute Gasteiger partial charge is 0.115 e. The summed E-state index contributed by atoms with van der Waals surface area (Å²) in [5.41, 5.74) is 1.76. The Morgan fingerprint density at radius 3 is 2.39 bits per heavy atom. The van der Waals surface area contributed by atoms with E-state index in [-0.39, 0.29) is 5.75 Å². The van der Waals surface area contributed by atoms with Crippen molar-refractivity contribution in [2.24, 2.45) is 0 Å². The molecule has 0 saturated heterocycles. The van der Waals surface area contributed by atoms with E-state index in [1.807, 2.05) is 0 Å². The molecule has 0 amide bonds. The molecule has 1 atom stereocenters. The SMILES string of the molecule is Oc1ccc(CC(O)c2ccc(Cl)cc2Br)cc1. The average molecular weight is 328 g/mol. The summed E-state index contributed by atoms with van der Waals surface area (Å²) in [5, 5.41) is 20.0. The number of aliphatic hydroxyl groups excluding tert-OH is 1.